The molecule has 0 atom stereocenters. The summed E-state index contributed by atoms with van der Waals surface area (Å²) in [6, 6.07) is 5.86. The molecule has 0 saturated carbocycles. The van der Waals surface area contributed by atoms with Gasteiger partial charge in [0.2, 0.25) is 5.88 Å². The van der Waals surface area contributed by atoms with Gasteiger partial charge in [0.15, 0.2) is 0 Å². The number of unbranched alkanes of at least 4 members (excludes halogenated alkanes) is 1. The Morgan fingerprint density at radius 2 is 2.10 bits per heavy atom. The third-order valence-corrected chi connectivity index (χ3v) is 3.52. The minimum absolute atomic E-state index is 0.596. The smallest absolute Gasteiger partial charge is 0.233 e. The third-order valence-electron chi connectivity index (χ3n) is 2.82. The molecule has 0 spiro atoms. The summed E-state index contributed by atoms with van der Waals surface area (Å²) in [6.45, 7) is 8.33. The number of halogens is 1. The van der Waals surface area contributed by atoms with Crippen LogP contribution in [-0.4, -0.2) is 17.3 Å². The van der Waals surface area contributed by atoms with Gasteiger partial charge in [0.1, 0.15) is 5.69 Å². The van der Waals surface area contributed by atoms with Crippen LogP contribution in [0.3, 0.4) is 0 Å². The quantitative estimate of drug-likeness (QED) is 0.888. The zero-order valence-electron chi connectivity index (χ0n) is 12.7. The molecule has 0 aliphatic heterocycles. The number of aromatic amines is 1. The van der Waals surface area contributed by atoms with Crippen LogP contribution >= 0.6 is 15.9 Å². The summed E-state index contributed by atoms with van der Waals surface area (Å²) < 4.78 is 6.09. The molecule has 2 rings (SSSR count). The Labute approximate surface area is 134 Å². The zero-order chi connectivity index (χ0) is 15.7. The Bertz CT molecular complexity index is 650. The first kappa shape index (κ1) is 17.3. The molecule has 1 aromatic carbocycles. The number of rotatable bonds is 4. The summed E-state index contributed by atoms with van der Waals surface area (Å²) in [5, 5.41) is 11.7. The first-order valence-electron chi connectivity index (χ1n) is 6.91. The van der Waals surface area contributed by atoms with Crippen molar-refractivity contribution in [1.82, 2.24) is 10.2 Å². The summed E-state index contributed by atoms with van der Waals surface area (Å²) in [5.41, 5.74) is 0.780. The second-order valence-corrected chi connectivity index (χ2v) is 5.27. The van der Waals surface area contributed by atoms with Crippen LogP contribution in [0.15, 0.2) is 28.9 Å². The molecule has 0 aliphatic rings. The summed E-state index contributed by atoms with van der Waals surface area (Å²) in [4.78, 5) is 0. The normalized spacial score (nSPS) is 10.8. The van der Waals surface area contributed by atoms with Crippen molar-refractivity contribution in [2.24, 2.45) is 0 Å². The van der Waals surface area contributed by atoms with Crippen LogP contribution < -0.4 is 20.5 Å². The Hall–Kier alpha value is -1.75. The largest absolute Gasteiger partial charge is 0.480 e. The second kappa shape index (κ2) is 9.23. The van der Waals surface area contributed by atoms with E-state index in [1.54, 1.807) is 13.3 Å². The maximum absolute atomic E-state index is 5.11. The van der Waals surface area contributed by atoms with Crippen molar-refractivity contribution in [2.75, 3.05) is 12.4 Å². The molecule has 1 heterocycles. The fraction of sp³-hybridized carbons (Fsp3) is 0.312. The van der Waals surface area contributed by atoms with E-state index in [1.807, 2.05) is 24.4 Å². The van der Waals surface area contributed by atoms with Gasteiger partial charge in [0.05, 0.1) is 13.3 Å². The van der Waals surface area contributed by atoms with Crippen molar-refractivity contribution < 1.29 is 4.74 Å². The first-order chi connectivity index (χ1) is 10.1. The molecule has 1 aromatic heterocycles. The van der Waals surface area contributed by atoms with Crippen molar-refractivity contribution in [3.63, 3.8) is 0 Å². The number of methoxy groups -OCH3 is 1. The number of H-pyrrole nitrogens is 1. The first-order valence-corrected chi connectivity index (χ1v) is 7.70. The van der Waals surface area contributed by atoms with Crippen LogP contribution in [0, 0.1) is 0 Å². The number of nitrogens with zero attached hydrogens (tertiary/aromatic N) is 1. The van der Waals surface area contributed by atoms with Crippen LogP contribution in [-0.2, 0) is 0 Å². The average Bonchev–Trinajstić information content (AvgIpc) is 2.94. The van der Waals surface area contributed by atoms with Gasteiger partial charge in [-0.2, -0.15) is 5.10 Å². The topological polar surface area (TPSA) is 49.9 Å². The molecule has 5 heteroatoms. The van der Waals surface area contributed by atoms with Gasteiger partial charge in [-0.25, -0.2) is 5.10 Å². The van der Waals surface area contributed by atoms with Gasteiger partial charge in [0.25, 0.3) is 0 Å². The third kappa shape index (κ3) is 5.27. The van der Waals surface area contributed by atoms with Crippen molar-refractivity contribution >= 4 is 34.4 Å². The zero-order valence-corrected chi connectivity index (χ0v) is 14.3. The minimum atomic E-state index is 0.596. The summed E-state index contributed by atoms with van der Waals surface area (Å²) in [7, 11) is 1.59. The number of hydrogen-bond donors (Lipinski definition) is 2. The summed E-state index contributed by atoms with van der Waals surface area (Å²) in [5.74, 6) is 0.596. The maximum atomic E-state index is 5.11. The minimum Gasteiger partial charge on any atom is -0.480 e. The van der Waals surface area contributed by atoms with Gasteiger partial charge in [-0.15, -0.1) is 0 Å². The van der Waals surface area contributed by atoms with Gasteiger partial charge in [-0.05, 0) is 11.3 Å². The van der Waals surface area contributed by atoms with Crippen LogP contribution in [0.2, 0.25) is 0 Å². The number of anilines is 1. The number of benzene rings is 1. The van der Waals surface area contributed by atoms with Crippen LogP contribution in [0.5, 0.6) is 5.88 Å². The molecule has 0 saturated heterocycles. The van der Waals surface area contributed by atoms with E-state index in [-0.39, 0.29) is 0 Å². The van der Waals surface area contributed by atoms with E-state index in [9.17, 15) is 0 Å². The van der Waals surface area contributed by atoms with E-state index < -0.39 is 0 Å². The Balaban J connectivity index is 0.000000491. The highest BCUT2D eigenvalue weighted by Gasteiger charge is 2.01. The van der Waals surface area contributed by atoms with Gasteiger partial charge < -0.3 is 10.1 Å². The Morgan fingerprint density at radius 3 is 2.67 bits per heavy atom. The van der Waals surface area contributed by atoms with Gasteiger partial charge in [-0.3, -0.25) is 0 Å². The molecular formula is C16H22BrN3O. The predicted octanol–water partition coefficient (Wildman–Crippen LogP) is 3.25. The van der Waals surface area contributed by atoms with Crippen molar-refractivity contribution in [2.45, 2.75) is 26.7 Å². The molecule has 21 heavy (non-hydrogen) atoms. The standard InChI is InChI=1S/C12H12BrN3O.C4H10/c1-8-4-3-5-10(13)9(8)6-14-11-7-15-16-12(11)17-2;1-3-4-2/h3-7,14H,1H2,2H3,(H,15,16);3-4H2,1-2H3/b9-6+;. The number of ether oxygens (including phenoxy) is 1. The lowest BCUT2D eigenvalue weighted by atomic mass is 10.2. The predicted molar refractivity (Wildman–Crippen MR) is 92.7 cm³/mol. The summed E-state index contributed by atoms with van der Waals surface area (Å²) >= 11 is 3.48. The monoisotopic (exact) mass is 351 g/mol. The highest BCUT2D eigenvalue weighted by atomic mass is 79.9. The maximum Gasteiger partial charge on any atom is 0.233 e. The highest BCUT2D eigenvalue weighted by molar-refractivity contribution is 9.10. The molecule has 114 valence electrons. The van der Waals surface area contributed by atoms with Crippen LogP contribution in [0.25, 0.3) is 12.8 Å². The molecular weight excluding hydrogens is 330 g/mol. The van der Waals surface area contributed by atoms with E-state index in [0.29, 0.717) is 5.88 Å². The molecule has 4 nitrogen and oxygen atoms in total. The molecule has 0 fully saturated rings. The molecule has 0 radical (unpaired) electrons. The van der Waals surface area contributed by atoms with Crippen LogP contribution in [0.1, 0.15) is 26.7 Å². The fourth-order valence-electron chi connectivity index (χ4n) is 1.43. The lowest BCUT2D eigenvalue weighted by Crippen LogP contribution is -2.25. The number of hydrogen-bond acceptors (Lipinski definition) is 3. The van der Waals surface area contributed by atoms with E-state index in [1.165, 1.54) is 12.8 Å². The van der Waals surface area contributed by atoms with E-state index in [0.717, 1.165) is 20.6 Å². The molecule has 2 aromatic rings. The average molecular weight is 352 g/mol. The fourth-order valence-corrected chi connectivity index (χ4v) is 1.95. The molecule has 0 bridgehead atoms. The van der Waals surface area contributed by atoms with Gasteiger partial charge in [0, 0.05) is 15.9 Å². The molecule has 0 unspecified atom stereocenters. The lowest BCUT2D eigenvalue weighted by molar-refractivity contribution is 0.399. The van der Waals surface area contributed by atoms with Crippen LogP contribution in [0.4, 0.5) is 5.69 Å². The van der Waals surface area contributed by atoms with Gasteiger partial charge >= 0.3 is 0 Å². The highest BCUT2D eigenvalue weighted by Crippen LogP contribution is 2.18. The van der Waals surface area contributed by atoms with E-state index in [2.05, 4.69) is 51.9 Å². The molecule has 0 aliphatic carbocycles. The summed E-state index contributed by atoms with van der Waals surface area (Å²) in [6.07, 6.45) is 6.16. The number of nitrogens with one attached hydrogen (secondary N) is 2. The van der Waals surface area contributed by atoms with Crippen molar-refractivity contribution in [1.29, 1.82) is 0 Å². The number of aromatic nitrogens is 2. The lowest BCUT2D eigenvalue weighted by Gasteiger charge is -2.01. The van der Waals surface area contributed by atoms with E-state index >= 15 is 0 Å². The molecule has 0 amide bonds. The SMILES string of the molecule is C=c1cccc(Br)/c1=C/Nc1cn[nH]c1OC.CCCC. The Morgan fingerprint density at radius 1 is 1.38 bits per heavy atom. The van der Waals surface area contributed by atoms with Crippen molar-refractivity contribution in [3.05, 3.63) is 39.3 Å². The molecule has 2 N–H and O–H groups in total. The van der Waals surface area contributed by atoms with E-state index in [4.69, 9.17) is 4.74 Å². The Kier molecular flexibility index (Phi) is 7.61. The van der Waals surface area contributed by atoms with Gasteiger partial charge in [-0.1, -0.05) is 61.3 Å². The second-order valence-electron chi connectivity index (χ2n) is 4.42. The van der Waals surface area contributed by atoms with Crippen molar-refractivity contribution in [3.8, 4) is 5.88 Å².